The van der Waals surface area contributed by atoms with E-state index in [-0.39, 0.29) is 12.3 Å². The third-order valence-corrected chi connectivity index (χ3v) is 3.68. The molecule has 2 atom stereocenters. The summed E-state index contributed by atoms with van der Waals surface area (Å²) < 4.78 is 5.25. The fourth-order valence-electron chi connectivity index (χ4n) is 2.39. The number of carbonyl (C=O) groups is 3. The fourth-order valence-corrected chi connectivity index (χ4v) is 2.39. The Hall–Kier alpha value is -2.61. The molecule has 5 N–H and O–H groups in total. The number of benzene rings is 1. The van der Waals surface area contributed by atoms with Crippen molar-refractivity contribution < 1.29 is 19.1 Å². The molecule has 1 aromatic carbocycles. The molecule has 8 nitrogen and oxygen atoms in total. The Morgan fingerprint density at radius 3 is 2.11 bits per heavy atom. The number of nitrogens with one attached hydrogen (secondary N) is 3. The minimum absolute atomic E-state index is 0.184. The van der Waals surface area contributed by atoms with Gasteiger partial charge in [0.15, 0.2) is 0 Å². The second-order valence-corrected chi connectivity index (χ2v) is 7.63. The van der Waals surface area contributed by atoms with Gasteiger partial charge in [0, 0.05) is 6.42 Å². The lowest BCUT2D eigenvalue weighted by atomic mass is 10.0. The van der Waals surface area contributed by atoms with Crippen LogP contribution in [-0.2, 0) is 20.7 Å². The Balaban J connectivity index is 2.95. The third kappa shape index (κ3) is 8.08. The highest BCUT2D eigenvalue weighted by molar-refractivity contribution is 5.91. The van der Waals surface area contributed by atoms with Crippen molar-refractivity contribution in [2.24, 2.45) is 11.8 Å². The van der Waals surface area contributed by atoms with Crippen LogP contribution in [0.15, 0.2) is 30.3 Å². The fraction of sp³-hybridized carbons (Fsp3) is 0.526. The second kappa shape index (κ2) is 9.91. The normalized spacial score (nSPS) is 13.4. The van der Waals surface area contributed by atoms with Crippen LogP contribution in [-0.4, -0.2) is 35.6 Å². The third-order valence-electron chi connectivity index (χ3n) is 3.68. The summed E-state index contributed by atoms with van der Waals surface area (Å²) in [5.74, 6) is 4.01. The molecular formula is C19H30N4O4. The molecule has 0 spiro atoms. The van der Waals surface area contributed by atoms with E-state index >= 15 is 0 Å². The van der Waals surface area contributed by atoms with Crippen LogP contribution >= 0.6 is 0 Å². The Bertz CT molecular complexity index is 641. The summed E-state index contributed by atoms with van der Waals surface area (Å²) in [6, 6.07) is 7.52. The molecule has 8 heteroatoms. The van der Waals surface area contributed by atoms with Gasteiger partial charge in [0.25, 0.3) is 5.91 Å². The summed E-state index contributed by atoms with van der Waals surface area (Å²) >= 11 is 0. The molecule has 150 valence electrons. The number of ether oxygens (including phenoxy) is 1. The number of nitrogens with two attached hydrogens (primary N) is 1. The van der Waals surface area contributed by atoms with Gasteiger partial charge in [-0.1, -0.05) is 44.2 Å². The number of hydrogen-bond donors (Lipinski definition) is 4. The number of alkyl carbamates (subject to hydrolysis) is 1. The van der Waals surface area contributed by atoms with E-state index in [1.165, 1.54) is 0 Å². The molecule has 1 aromatic rings. The zero-order chi connectivity index (χ0) is 20.6. The maximum atomic E-state index is 12.8. The van der Waals surface area contributed by atoms with Crippen LogP contribution in [0, 0.1) is 5.92 Å². The number of rotatable bonds is 7. The molecule has 0 heterocycles. The van der Waals surface area contributed by atoms with Crippen LogP contribution < -0.4 is 21.9 Å². The highest BCUT2D eigenvalue weighted by Crippen LogP contribution is 2.10. The molecule has 2 unspecified atom stereocenters. The monoisotopic (exact) mass is 378 g/mol. The molecule has 1 rings (SSSR count). The summed E-state index contributed by atoms with van der Waals surface area (Å²) in [4.78, 5) is 36.9. The zero-order valence-electron chi connectivity index (χ0n) is 16.5. The largest absolute Gasteiger partial charge is 0.444 e. The lowest BCUT2D eigenvalue weighted by Crippen LogP contribution is -2.57. The Morgan fingerprint density at radius 1 is 1.04 bits per heavy atom. The van der Waals surface area contributed by atoms with Gasteiger partial charge in [0.1, 0.15) is 17.7 Å². The van der Waals surface area contributed by atoms with Gasteiger partial charge in [-0.2, -0.15) is 0 Å². The molecule has 0 aromatic heterocycles. The quantitative estimate of drug-likeness (QED) is 0.323. The average Bonchev–Trinajstić information content (AvgIpc) is 2.57. The maximum Gasteiger partial charge on any atom is 0.408 e. The first-order valence-corrected chi connectivity index (χ1v) is 8.87. The van der Waals surface area contributed by atoms with Gasteiger partial charge in [-0.05, 0) is 32.3 Å². The van der Waals surface area contributed by atoms with E-state index in [0.29, 0.717) is 0 Å². The van der Waals surface area contributed by atoms with Crippen molar-refractivity contribution in [2.45, 2.75) is 58.7 Å². The summed E-state index contributed by atoms with van der Waals surface area (Å²) in [7, 11) is 0. The van der Waals surface area contributed by atoms with Crippen molar-refractivity contribution in [1.82, 2.24) is 16.1 Å². The molecule has 0 fully saturated rings. The van der Waals surface area contributed by atoms with Crippen LogP contribution in [0.2, 0.25) is 0 Å². The van der Waals surface area contributed by atoms with Gasteiger partial charge in [-0.15, -0.1) is 0 Å². The first kappa shape index (κ1) is 22.4. The lowest BCUT2D eigenvalue weighted by Gasteiger charge is -2.26. The van der Waals surface area contributed by atoms with Crippen molar-refractivity contribution >= 4 is 17.9 Å². The van der Waals surface area contributed by atoms with Crippen molar-refractivity contribution in [1.29, 1.82) is 0 Å². The second-order valence-electron chi connectivity index (χ2n) is 7.63. The summed E-state index contributed by atoms with van der Waals surface area (Å²) in [6.07, 6.45) is -0.455. The van der Waals surface area contributed by atoms with Gasteiger partial charge in [0.05, 0.1) is 0 Å². The van der Waals surface area contributed by atoms with Crippen LogP contribution in [0.1, 0.15) is 40.2 Å². The van der Waals surface area contributed by atoms with Crippen molar-refractivity contribution in [3.05, 3.63) is 35.9 Å². The predicted octanol–water partition coefficient (Wildman–Crippen LogP) is 1.25. The molecule has 0 aliphatic rings. The van der Waals surface area contributed by atoms with E-state index in [4.69, 9.17) is 10.6 Å². The van der Waals surface area contributed by atoms with Crippen molar-refractivity contribution in [3.8, 4) is 0 Å². The van der Waals surface area contributed by atoms with Crippen LogP contribution in [0.4, 0.5) is 4.79 Å². The minimum Gasteiger partial charge on any atom is -0.444 e. The van der Waals surface area contributed by atoms with Crippen molar-refractivity contribution in [3.63, 3.8) is 0 Å². The highest BCUT2D eigenvalue weighted by Gasteiger charge is 2.29. The van der Waals surface area contributed by atoms with Gasteiger partial charge in [-0.3, -0.25) is 15.0 Å². The van der Waals surface area contributed by atoms with Gasteiger partial charge in [-0.25, -0.2) is 10.6 Å². The molecule has 0 aliphatic heterocycles. The van der Waals surface area contributed by atoms with Gasteiger partial charge >= 0.3 is 6.09 Å². The molecular weight excluding hydrogens is 348 g/mol. The number of hydrazine groups is 1. The van der Waals surface area contributed by atoms with E-state index in [1.54, 1.807) is 34.6 Å². The number of amides is 3. The predicted molar refractivity (Wildman–Crippen MR) is 102 cm³/mol. The van der Waals surface area contributed by atoms with Crippen LogP contribution in [0.3, 0.4) is 0 Å². The summed E-state index contributed by atoms with van der Waals surface area (Å²) in [5.41, 5.74) is 2.21. The minimum atomic E-state index is -0.908. The Labute approximate surface area is 160 Å². The highest BCUT2D eigenvalue weighted by atomic mass is 16.6. The zero-order valence-corrected chi connectivity index (χ0v) is 16.5. The van der Waals surface area contributed by atoms with E-state index in [0.717, 1.165) is 5.56 Å². The van der Waals surface area contributed by atoms with E-state index in [1.807, 2.05) is 35.8 Å². The molecule has 0 saturated carbocycles. The Morgan fingerprint density at radius 2 is 1.63 bits per heavy atom. The SMILES string of the molecule is CC(C)C(NC(=O)C(Cc1ccccc1)NC(=O)OC(C)(C)C)C(=O)NN. The molecule has 0 saturated heterocycles. The maximum absolute atomic E-state index is 12.8. The molecule has 0 aliphatic carbocycles. The van der Waals surface area contributed by atoms with Gasteiger partial charge in [0.2, 0.25) is 5.91 Å². The van der Waals surface area contributed by atoms with Crippen molar-refractivity contribution in [2.75, 3.05) is 0 Å². The topological polar surface area (TPSA) is 123 Å². The molecule has 3 amide bonds. The van der Waals surface area contributed by atoms with E-state index < -0.39 is 35.6 Å². The van der Waals surface area contributed by atoms with Crippen LogP contribution in [0.5, 0.6) is 0 Å². The summed E-state index contributed by atoms with van der Waals surface area (Å²) in [6.45, 7) is 8.78. The Kier molecular flexibility index (Phi) is 8.24. The first-order valence-electron chi connectivity index (χ1n) is 8.87. The number of carbonyl (C=O) groups excluding carboxylic acids is 3. The number of hydrogen-bond acceptors (Lipinski definition) is 5. The van der Waals surface area contributed by atoms with E-state index in [9.17, 15) is 14.4 Å². The standard InChI is InChI=1S/C19H30N4O4/c1-12(2)15(17(25)23-20)22-16(24)14(11-13-9-7-6-8-10-13)21-18(26)27-19(3,4)5/h6-10,12,14-15H,11,20H2,1-5H3,(H,21,26)(H,22,24)(H,23,25). The van der Waals surface area contributed by atoms with Gasteiger partial charge < -0.3 is 15.4 Å². The molecule has 0 radical (unpaired) electrons. The summed E-state index contributed by atoms with van der Waals surface area (Å²) in [5, 5.41) is 5.24. The molecule has 0 bridgehead atoms. The lowest BCUT2D eigenvalue weighted by molar-refractivity contribution is -0.131. The smallest absolute Gasteiger partial charge is 0.408 e. The van der Waals surface area contributed by atoms with E-state index in [2.05, 4.69) is 10.6 Å². The first-order chi connectivity index (χ1) is 12.5. The average molecular weight is 378 g/mol. The molecule has 27 heavy (non-hydrogen) atoms. The van der Waals surface area contributed by atoms with Crippen LogP contribution in [0.25, 0.3) is 0 Å².